The first-order chi connectivity index (χ1) is 10.4. The molecule has 0 saturated carbocycles. The fraction of sp³-hybridized carbons (Fsp3) is 0.0769. The van der Waals surface area contributed by atoms with Crippen molar-refractivity contribution >= 4 is 17.4 Å². The molecule has 4 aromatic rings. The van der Waals surface area contributed by atoms with Gasteiger partial charge in [-0.2, -0.15) is 0 Å². The van der Waals surface area contributed by atoms with E-state index in [1.165, 1.54) is 11.8 Å². The summed E-state index contributed by atoms with van der Waals surface area (Å²) in [7, 11) is 0. The van der Waals surface area contributed by atoms with Crippen LogP contribution in [0.1, 0.15) is 5.89 Å². The highest BCUT2D eigenvalue weighted by Crippen LogP contribution is 2.23. The lowest BCUT2D eigenvalue weighted by Gasteiger charge is -1.96. The van der Waals surface area contributed by atoms with Crippen molar-refractivity contribution < 1.29 is 8.83 Å². The van der Waals surface area contributed by atoms with E-state index in [1.54, 1.807) is 18.4 Å². The summed E-state index contributed by atoms with van der Waals surface area (Å²) in [5, 5.41) is 17.0. The third-order valence-corrected chi connectivity index (χ3v) is 3.73. The highest BCUT2D eigenvalue weighted by atomic mass is 32.2. The van der Waals surface area contributed by atoms with E-state index in [-0.39, 0.29) is 0 Å². The van der Waals surface area contributed by atoms with Gasteiger partial charge in [0.2, 0.25) is 5.89 Å². The van der Waals surface area contributed by atoms with Gasteiger partial charge in [-0.05, 0) is 24.3 Å². The number of nitrogens with zero attached hydrogens (tertiary/aromatic N) is 5. The fourth-order valence-corrected chi connectivity index (χ4v) is 2.62. The summed E-state index contributed by atoms with van der Waals surface area (Å²) in [6.45, 7) is 0. The molecule has 7 nitrogen and oxygen atoms in total. The molecule has 0 aliphatic carbocycles. The Morgan fingerprint density at radius 2 is 2.05 bits per heavy atom. The monoisotopic (exact) mass is 299 g/mol. The molecule has 0 saturated heterocycles. The second kappa shape index (κ2) is 5.06. The maximum absolute atomic E-state index is 5.54. The molecule has 0 aliphatic rings. The van der Waals surface area contributed by atoms with Crippen LogP contribution in [0.15, 0.2) is 56.8 Å². The molecule has 0 bridgehead atoms. The van der Waals surface area contributed by atoms with E-state index in [0.717, 1.165) is 10.8 Å². The average Bonchev–Trinajstić information content (AvgIpc) is 3.25. The quantitative estimate of drug-likeness (QED) is 0.536. The predicted octanol–water partition coefficient (Wildman–Crippen LogP) is 2.66. The Morgan fingerprint density at radius 3 is 2.95 bits per heavy atom. The van der Waals surface area contributed by atoms with Gasteiger partial charge in [0, 0.05) is 6.20 Å². The van der Waals surface area contributed by atoms with Crippen molar-refractivity contribution in [2.75, 3.05) is 0 Å². The first-order valence-electron chi connectivity index (χ1n) is 6.19. The Balaban J connectivity index is 1.52. The first-order valence-corrected chi connectivity index (χ1v) is 7.17. The van der Waals surface area contributed by atoms with Gasteiger partial charge in [-0.15, -0.1) is 20.4 Å². The number of hydrogen-bond acceptors (Lipinski definition) is 7. The van der Waals surface area contributed by atoms with Gasteiger partial charge in [-0.3, -0.25) is 4.40 Å². The molecule has 21 heavy (non-hydrogen) atoms. The van der Waals surface area contributed by atoms with Gasteiger partial charge in [0.25, 0.3) is 5.89 Å². The van der Waals surface area contributed by atoms with Crippen LogP contribution in [0.5, 0.6) is 0 Å². The van der Waals surface area contributed by atoms with Gasteiger partial charge in [0.05, 0.1) is 12.0 Å². The molecule has 0 aromatic carbocycles. The van der Waals surface area contributed by atoms with E-state index in [1.807, 2.05) is 28.8 Å². The molecule has 4 aromatic heterocycles. The minimum absolute atomic E-state index is 0.377. The Hall–Kier alpha value is -2.61. The lowest BCUT2D eigenvalue weighted by atomic mass is 10.5. The zero-order chi connectivity index (χ0) is 14.1. The van der Waals surface area contributed by atoms with Crippen molar-refractivity contribution in [3.63, 3.8) is 0 Å². The number of aromatic nitrogens is 5. The second-order valence-electron chi connectivity index (χ2n) is 4.18. The summed E-state index contributed by atoms with van der Waals surface area (Å²) in [6, 6.07) is 9.31. The van der Waals surface area contributed by atoms with E-state index in [2.05, 4.69) is 20.4 Å². The fourth-order valence-electron chi connectivity index (χ4n) is 1.86. The van der Waals surface area contributed by atoms with Crippen LogP contribution in [0, 0.1) is 0 Å². The van der Waals surface area contributed by atoms with Crippen molar-refractivity contribution in [2.24, 2.45) is 0 Å². The van der Waals surface area contributed by atoms with Gasteiger partial charge < -0.3 is 8.83 Å². The topological polar surface area (TPSA) is 82.2 Å². The summed E-state index contributed by atoms with van der Waals surface area (Å²) < 4.78 is 12.7. The number of rotatable bonds is 4. The average molecular weight is 299 g/mol. The number of pyridine rings is 1. The molecule has 0 atom stereocenters. The van der Waals surface area contributed by atoms with E-state index in [4.69, 9.17) is 8.83 Å². The Bertz CT molecular complexity index is 868. The summed E-state index contributed by atoms with van der Waals surface area (Å²) in [5.41, 5.74) is 0.807. The van der Waals surface area contributed by atoms with Crippen LogP contribution in [0.2, 0.25) is 0 Å². The minimum Gasteiger partial charge on any atom is -0.459 e. The zero-order valence-corrected chi connectivity index (χ0v) is 11.5. The smallest absolute Gasteiger partial charge is 0.283 e. The molecule has 104 valence electrons. The molecule has 0 fully saturated rings. The van der Waals surface area contributed by atoms with Gasteiger partial charge in [0.15, 0.2) is 16.6 Å². The van der Waals surface area contributed by atoms with E-state index < -0.39 is 0 Å². The number of thioether (sulfide) groups is 1. The molecule has 0 aliphatic heterocycles. The highest BCUT2D eigenvalue weighted by molar-refractivity contribution is 7.98. The molecule has 0 spiro atoms. The molecule has 4 heterocycles. The van der Waals surface area contributed by atoms with Crippen LogP contribution < -0.4 is 0 Å². The maximum atomic E-state index is 5.54. The lowest BCUT2D eigenvalue weighted by Crippen LogP contribution is -1.87. The summed E-state index contributed by atoms with van der Waals surface area (Å²) in [6.07, 6.45) is 3.48. The van der Waals surface area contributed by atoms with Crippen LogP contribution in [-0.2, 0) is 5.75 Å². The van der Waals surface area contributed by atoms with Crippen molar-refractivity contribution in [2.45, 2.75) is 10.9 Å². The van der Waals surface area contributed by atoms with E-state index >= 15 is 0 Å². The van der Waals surface area contributed by atoms with Gasteiger partial charge in [0.1, 0.15) is 0 Å². The summed E-state index contributed by atoms with van der Waals surface area (Å²) in [4.78, 5) is 0. The van der Waals surface area contributed by atoms with Crippen LogP contribution in [0.4, 0.5) is 0 Å². The first kappa shape index (κ1) is 12.2. The summed E-state index contributed by atoms with van der Waals surface area (Å²) in [5.74, 6) is 1.97. The van der Waals surface area contributed by atoms with Gasteiger partial charge in [-0.25, -0.2) is 0 Å². The number of hydrogen-bond donors (Lipinski definition) is 0. The maximum Gasteiger partial charge on any atom is 0.283 e. The molecular formula is C13H9N5O2S. The van der Waals surface area contributed by atoms with Crippen LogP contribution >= 0.6 is 11.8 Å². The van der Waals surface area contributed by atoms with Crippen molar-refractivity contribution in [1.82, 2.24) is 24.8 Å². The number of fused-ring (bicyclic) bond motifs is 1. The molecule has 4 rings (SSSR count). The predicted molar refractivity (Wildman–Crippen MR) is 74.5 cm³/mol. The van der Waals surface area contributed by atoms with Crippen molar-refractivity contribution in [3.8, 4) is 11.7 Å². The normalized spacial score (nSPS) is 11.2. The highest BCUT2D eigenvalue weighted by Gasteiger charge is 2.12. The van der Waals surface area contributed by atoms with E-state index in [0.29, 0.717) is 23.3 Å². The van der Waals surface area contributed by atoms with Gasteiger partial charge >= 0.3 is 0 Å². The molecule has 8 heteroatoms. The van der Waals surface area contributed by atoms with Crippen LogP contribution in [-0.4, -0.2) is 24.8 Å². The molecular weight excluding hydrogens is 290 g/mol. The SMILES string of the molecule is c1coc(-c2nnc(CSc3nnc4ccccn34)o2)c1. The van der Waals surface area contributed by atoms with Gasteiger partial charge in [-0.1, -0.05) is 17.8 Å². The van der Waals surface area contributed by atoms with E-state index in [9.17, 15) is 0 Å². The van der Waals surface area contributed by atoms with Crippen LogP contribution in [0.3, 0.4) is 0 Å². The lowest BCUT2D eigenvalue weighted by molar-refractivity contribution is 0.494. The second-order valence-corrected chi connectivity index (χ2v) is 5.12. The Labute approximate surface area is 123 Å². The molecule has 0 radical (unpaired) electrons. The Kier molecular flexibility index (Phi) is 2.93. The largest absolute Gasteiger partial charge is 0.459 e. The van der Waals surface area contributed by atoms with Crippen molar-refractivity contribution in [3.05, 3.63) is 48.7 Å². The minimum atomic E-state index is 0.377. The zero-order valence-electron chi connectivity index (χ0n) is 10.7. The number of furan rings is 1. The molecule has 0 unspecified atom stereocenters. The van der Waals surface area contributed by atoms with Crippen molar-refractivity contribution in [1.29, 1.82) is 0 Å². The third kappa shape index (κ3) is 2.29. The molecule has 0 amide bonds. The summed E-state index contributed by atoms with van der Waals surface area (Å²) >= 11 is 1.48. The third-order valence-electron chi connectivity index (χ3n) is 2.81. The Morgan fingerprint density at radius 1 is 1.05 bits per heavy atom. The standard InChI is InChI=1S/C13H9N5O2S/c1-2-6-18-10(5-1)14-17-13(18)21-8-11-15-16-12(20-11)9-4-3-7-19-9/h1-7H,8H2. The molecule has 0 N–H and O–H groups in total. The van der Waals surface area contributed by atoms with Crippen LogP contribution in [0.25, 0.3) is 17.3 Å².